The highest BCUT2D eigenvalue weighted by atomic mass is 16.5. The van der Waals surface area contributed by atoms with Crippen LogP contribution < -0.4 is 10.2 Å². The number of hydrogen-bond acceptors (Lipinski definition) is 5. The smallest absolute Gasteiger partial charge is 0.326 e. The summed E-state index contributed by atoms with van der Waals surface area (Å²) in [5, 5.41) is 2.78. The molecule has 0 saturated carbocycles. The number of piperidine rings is 1. The van der Waals surface area contributed by atoms with Crippen molar-refractivity contribution in [2.24, 2.45) is 0 Å². The van der Waals surface area contributed by atoms with Gasteiger partial charge in [0, 0.05) is 37.4 Å². The minimum Gasteiger partial charge on any atom is -0.451 e. The molecule has 2 saturated heterocycles. The minimum absolute atomic E-state index is 0.0228. The van der Waals surface area contributed by atoms with E-state index in [4.69, 9.17) is 4.74 Å². The van der Waals surface area contributed by atoms with E-state index >= 15 is 0 Å². The average Bonchev–Trinajstić information content (AvgIpc) is 2.93. The fourth-order valence-corrected chi connectivity index (χ4v) is 3.80. The van der Waals surface area contributed by atoms with Gasteiger partial charge in [-0.2, -0.15) is 0 Å². The first-order valence-electron chi connectivity index (χ1n) is 10.7. The molecule has 2 aliphatic heterocycles. The van der Waals surface area contributed by atoms with Crippen LogP contribution in [0.15, 0.2) is 24.3 Å². The van der Waals surface area contributed by atoms with E-state index in [1.165, 1.54) is 24.2 Å². The quantitative estimate of drug-likeness (QED) is 0.742. The Balaban J connectivity index is 1.46. The molecule has 0 bridgehead atoms. The van der Waals surface area contributed by atoms with Crippen molar-refractivity contribution >= 4 is 29.2 Å². The Bertz CT molecular complexity index is 713. The predicted molar refractivity (Wildman–Crippen MR) is 112 cm³/mol. The van der Waals surface area contributed by atoms with Gasteiger partial charge in [-0.05, 0) is 63.3 Å². The molecule has 1 N–H and O–H groups in total. The summed E-state index contributed by atoms with van der Waals surface area (Å²) in [4.78, 5) is 40.4. The molecule has 1 atom stereocenters. The largest absolute Gasteiger partial charge is 0.451 e. The third-order valence-electron chi connectivity index (χ3n) is 5.52. The maximum Gasteiger partial charge on any atom is 0.326 e. The molecule has 2 fully saturated rings. The van der Waals surface area contributed by atoms with E-state index < -0.39 is 12.1 Å². The minimum atomic E-state index is -0.925. The normalized spacial score (nSPS) is 18.7. The number of nitrogens with zero attached hydrogens (tertiary/aromatic N) is 2. The van der Waals surface area contributed by atoms with Crippen molar-refractivity contribution in [2.45, 2.75) is 58.0 Å². The molecular weight excluding hydrogens is 370 g/mol. The Hall–Kier alpha value is -2.57. The summed E-state index contributed by atoms with van der Waals surface area (Å²) in [5.74, 6) is -0.958. The fourth-order valence-electron chi connectivity index (χ4n) is 3.80. The highest BCUT2D eigenvalue weighted by molar-refractivity contribution is 5.95. The third-order valence-corrected chi connectivity index (χ3v) is 5.52. The van der Waals surface area contributed by atoms with Crippen molar-refractivity contribution in [3.63, 3.8) is 0 Å². The number of carbonyl (C=O) groups is 3. The number of carbonyl (C=O) groups excluding carboxylic acids is 3. The lowest BCUT2D eigenvalue weighted by Crippen LogP contribution is -2.38. The van der Waals surface area contributed by atoms with Crippen molar-refractivity contribution in [3.05, 3.63) is 24.3 Å². The standard InChI is InChI=1S/C22H31N3O4/c1-17(29-21(27)16-25-15-5-2-4-8-20(25)26)22(28)23-18-9-11-19(12-10-18)24-13-6-3-7-14-24/h9-12,17H,2-8,13-16H2,1H3,(H,23,28)/t17-/m1/s1. The molecule has 0 unspecified atom stereocenters. The zero-order valence-electron chi connectivity index (χ0n) is 17.2. The lowest BCUT2D eigenvalue weighted by atomic mass is 10.1. The molecule has 2 amide bonds. The predicted octanol–water partition coefficient (Wildman–Crippen LogP) is 2.95. The van der Waals surface area contributed by atoms with Crippen LogP contribution >= 0.6 is 0 Å². The van der Waals surface area contributed by atoms with Crippen LogP contribution in [0.2, 0.25) is 0 Å². The molecule has 0 radical (unpaired) electrons. The number of nitrogens with one attached hydrogen (secondary N) is 1. The summed E-state index contributed by atoms with van der Waals surface area (Å²) in [5.41, 5.74) is 1.82. The lowest BCUT2D eigenvalue weighted by molar-refractivity contribution is -0.156. The van der Waals surface area contributed by atoms with Crippen molar-refractivity contribution in [1.82, 2.24) is 4.90 Å². The van der Waals surface area contributed by atoms with Crippen LogP contribution in [0.4, 0.5) is 11.4 Å². The van der Waals surface area contributed by atoms with E-state index in [1.54, 1.807) is 6.92 Å². The zero-order chi connectivity index (χ0) is 20.6. The first-order chi connectivity index (χ1) is 14.0. The number of esters is 1. The van der Waals surface area contributed by atoms with Crippen molar-refractivity contribution in [2.75, 3.05) is 36.4 Å². The Morgan fingerprint density at radius 1 is 1.00 bits per heavy atom. The van der Waals surface area contributed by atoms with Crippen LogP contribution in [0.1, 0.15) is 51.9 Å². The number of ether oxygens (including phenoxy) is 1. The van der Waals surface area contributed by atoms with Gasteiger partial charge in [-0.1, -0.05) is 6.42 Å². The molecule has 1 aromatic carbocycles. The van der Waals surface area contributed by atoms with Gasteiger partial charge in [-0.3, -0.25) is 14.4 Å². The van der Waals surface area contributed by atoms with Gasteiger partial charge in [0.05, 0.1) is 0 Å². The van der Waals surface area contributed by atoms with Crippen LogP contribution in [-0.4, -0.2) is 55.0 Å². The highest BCUT2D eigenvalue weighted by Gasteiger charge is 2.23. The molecule has 7 heteroatoms. The van der Waals surface area contributed by atoms with Crippen LogP contribution in [0.25, 0.3) is 0 Å². The molecule has 1 aromatic rings. The molecule has 158 valence electrons. The highest BCUT2D eigenvalue weighted by Crippen LogP contribution is 2.22. The summed E-state index contributed by atoms with van der Waals surface area (Å²) in [7, 11) is 0. The van der Waals surface area contributed by atoms with Gasteiger partial charge in [0.2, 0.25) is 5.91 Å². The fraction of sp³-hybridized carbons (Fsp3) is 0.591. The molecule has 7 nitrogen and oxygen atoms in total. The first kappa shape index (κ1) is 21.1. The molecule has 0 aromatic heterocycles. The van der Waals surface area contributed by atoms with Crippen LogP contribution in [0.3, 0.4) is 0 Å². The monoisotopic (exact) mass is 401 g/mol. The Labute approximate surface area is 172 Å². The second-order valence-corrected chi connectivity index (χ2v) is 7.84. The summed E-state index contributed by atoms with van der Waals surface area (Å²) in [6.07, 6.45) is 6.00. The number of amides is 2. The number of rotatable bonds is 6. The van der Waals surface area contributed by atoms with E-state index in [0.717, 1.165) is 38.0 Å². The van der Waals surface area contributed by atoms with Crippen LogP contribution in [0, 0.1) is 0 Å². The molecular formula is C22H31N3O4. The van der Waals surface area contributed by atoms with Gasteiger partial charge in [-0.15, -0.1) is 0 Å². The number of benzene rings is 1. The molecule has 29 heavy (non-hydrogen) atoms. The Morgan fingerprint density at radius 3 is 2.38 bits per heavy atom. The van der Waals surface area contributed by atoms with Gasteiger partial charge >= 0.3 is 5.97 Å². The maximum atomic E-state index is 12.4. The molecule has 2 heterocycles. The molecule has 3 rings (SSSR count). The van der Waals surface area contributed by atoms with Gasteiger partial charge in [-0.25, -0.2) is 0 Å². The van der Waals surface area contributed by atoms with Crippen molar-refractivity contribution in [1.29, 1.82) is 0 Å². The van der Waals surface area contributed by atoms with Crippen molar-refractivity contribution < 1.29 is 19.1 Å². The molecule has 0 spiro atoms. The molecule has 0 aliphatic carbocycles. The van der Waals surface area contributed by atoms with Gasteiger partial charge in [0.15, 0.2) is 6.10 Å². The first-order valence-corrected chi connectivity index (χ1v) is 10.7. The van der Waals surface area contributed by atoms with Gasteiger partial charge < -0.3 is 19.9 Å². The van der Waals surface area contributed by atoms with E-state index in [2.05, 4.69) is 10.2 Å². The average molecular weight is 402 g/mol. The molecule has 2 aliphatic rings. The van der Waals surface area contributed by atoms with E-state index in [0.29, 0.717) is 18.7 Å². The summed E-state index contributed by atoms with van der Waals surface area (Å²) >= 11 is 0. The number of hydrogen-bond donors (Lipinski definition) is 1. The third kappa shape index (κ3) is 6.21. The summed E-state index contributed by atoms with van der Waals surface area (Å²) in [6, 6.07) is 7.74. The van der Waals surface area contributed by atoms with Gasteiger partial charge in [0.25, 0.3) is 5.91 Å². The second-order valence-electron chi connectivity index (χ2n) is 7.84. The van der Waals surface area contributed by atoms with Gasteiger partial charge in [0.1, 0.15) is 6.54 Å². The van der Waals surface area contributed by atoms with Crippen LogP contribution in [-0.2, 0) is 19.1 Å². The van der Waals surface area contributed by atoms with Crippen LogP contribution in [0.5, 0.6) is 0 Å². The zero-order valence-corrected chi connectivity index (χ0v) is 17.2. The van der Waals surface area contributed by atoms with E-state index in [1.807, 2.05) is 24.3 Å². The van der Waals surface area contributed by atoms with E-state index in [-0.39, 0.29) is 18.4 Å². The lowest BCUT2D eigenvalue weighted by Gasteiger charge is -2.28. The second kappa shape index (κ2) is 10.3. The topological polar surface area (TPSA) is 78.9 Å². The summed E-state index contributed by atoms with van der Waals surface area (Å²) in [6.45, 7) is 4.15. The van der Waals surface area contributed by atoms with E-state index in [9.17, 15) is 14.4 Å². The summed E-state index contributed by atoms with van der Waals surface area (Å²) < 4.78 is 5.24. The SMILES string of the molecule is C[C@@H](OC(=O)CN1CCCCCC1=O)C(=O)Nc1ccc(N2CCCCC2)cc1. The maximum absolute atomic E-state index is 12.4. The number of anilines is 2. The van der Waals surface area contributed by atoms with Crippen molar-refractivity contribution in [3.8, 4) is 0 Å². The Kier molecular flexibility index (Phi) is 7.49. The Morgan fingerprint density at radius 2 is 1.66 bits per heavy atom. The number of likely N-dealkylation sites (tertiary alicyclic amines) is 1.